The molecule has 0 aliphatic carbocycles. The summed E-state index contributed by atoms with van der Waals surface area (Å²) < 4.78 is 28.5. The van der Waals surface area contributed by atoms with E-state index in [1.54, 1.807) is 13.0 Å². The summed E-state index contributed by atoms with van der Waals surface area (Å²) in [6.45, 7) is 4.41. The SMILES string of the molecule is CC(=O)c1ccc(OCCCCCCCCOP(=O)(O)O[C@H](CC(=O)O)C[N+](C)(C)C)cc1C.[OH-]. The predicted octanol–water partition coefficient (Wildman–Crippen LogP) is 4.42. The number of quaternary nitrogens is 1. The van der Waals surface area contributed by atoms with Crippen molar-refractivity contribution in [3.05, 3.63) is 29.3 Å². The van der Waals surface area contributed by atoms with Gasteiger partial charge in [-0.05, 0) is 50.5 Å². The first-order valence-electron chi connectivity index (χ1n) is 11.7. The molecule has 3 N–H and O–H groups in total. The van der Waals surface area contributed by atoms with Gasteiger partial charge in [-0.3, -0.25) is 18.6 Å². The van der Waals surface area contributed by atoms with Gasteiger partial charge in [0.05, 0.1) is 40.8 Å². The van der Waals surface area contributed by atoms with E-state index in [0.29, 0.717) is 23.1 Å². The molecule has 1 rings (SSSR count). The van der Waals surface area contributed by atoms with Crippen molar-refractivity contribution < 1.29 is 47.9 Å². The van der Waals surface area contributed by atoms with Crippen LogP contribution in [-0.2, 0) is 18.4 Å². The maximum Gasteiger partial charge on any atom is 0.472 e. The van der Waals surface area contributed by atoms with Crippen LogP contribution < -0.4 is 4.74 Å². The van der Waals surface area contributed by atoms with E-state index in [1.807, 2.05) is 40.2 Å². The number of unbranched alkanes of at least 4 members (excludes halogenated alkanes) is 5. The number of carboxylic acid groups (broad SMARTS) is 1. The molecule has 0 aliphatic rings. The fourth-order valence-corrected chi connectivity index (χ4v) is 4.50. The zero-order valence-corrected chi connectivity index (χ0v) is 22.5. The molecule has 0 saturated heterocycles. The first-order valence-corrected chi connectivity index (χ1v) is 13.2. The second-order valence-corrected chi connectivity index (χ2v) is 11.0. The third kappa shape index (κ3) is 15.7. The van der Waals surface area contributed by atoms with Crippen LogP contribution in [0, 0.1) is 6.92 Å². The summed E-state index contributed by atoms with van der Waals surface area (Å²) in [5.41, 5.74) is 1.63. The number of rotatable bonds is 18. The largest absolute Gasteiger partial charge is 0.870 e. The molecule has 0 spiro atoms. The molecule has 202 valence electrons. The number of aliphatic carboxylic acids is 1. The topological polar surface area (TPSA) is 149 Å². The number of phosphoric acid groups is 1. The molecule has 2 atom stereocenters. The van der Waals surface area contributed by atoms with Crippen LogP contribution >= 0.6 is 7.82 Å². The number of hydrogen-bond donors (Lipinski definition) is 2. The van der Waals surface area contributed by atoms with Crippen LogP contribution in [0.3, 0.4) is 0 Å². The summed E-state index contributed by atoms with van der Waals surface area (Å²) in [7, 11) is 1.23. The molecule has 0 fully saturated rings. The zero-order chi connectivity index (χ0) is 25.8. The number of aryl methyl sites for hydroxylation is 1. The third-order valence-electron chi connectivity index (χ3n) is 5.07. The molecule has 1 unspecified atom stereocenters. The fourth-order valence-electron chi connectivity index (χ4n) is 3.56. The van der Waals surface area contributed by atoms with E-state index in [9.17, 15) is 19.0 Å². The highest BCUT2D eigenvalue weighted by atomic mass is 31.2. The van der Waals surface area contributed by atoms with Crippen LogP contribution in [0.2, 0.25) is 0 Å². The van der Waals surface area contributed by atoms with Crippen molar-refractivity contribution in [3.63, 3.8) is 0 Å². The van der Waals surface area contributed by atoms with Crippen molar-refractivity contribution in [1.29, 1.82) is 0 Å². The lowest BCUT2D eigenvalue weighted by Gasteiger charge is -2.29. The molecule has 0 aliphatic heterocycles. The minimum Gasteiger partial charge on any atom is -0.870 e. The van der Waals surface area contributed by atoms with Crippen molar-refractivity contribution in [2.24, 2.45) is 0 Å². The Bertz CT molecular complexity index is 839. The number of carbonyl (C=O) groups excluding carboxylic acids is 1. The smallest absolute Gasteiger partial charge is 0.472 e. The van der Waals surface area contributed by atoms with Crippen molar-refractivity contribution >= 4 is 19.6 Å². The standard InChI is InChI=1S/C24H40NO8P.H2O/c1-19-16-21(12-13-23(19)20(2)26)31-14-10-8-6-7-9-11-15-32-34(29,30)33-22(17-24(27)28)18-25(3,4)5;/h12-13,16,22H,6-11,14-15,17-18H2,1-5H3,(H-,27,28,29,30);1H2/t22-;/m1./s1. The van der Waals surface area contributed by atoms with Gasteiger partial charge in [-0.1, -0.05) is 25.7 Å². The highest BCUT2D eigenvalue weighted by Crippen LogP contribution is 2.45. The van der Waals surface area contributed by atoms with Gasteiger partial charge in [-0.15, -0.1) is 0 Å². The molecule has 11 heteroatoms. The average molecular weight is 520 g/mol. The van der Waals surface area contributed by atoms with Crippen LogP contribution in [-0.4, -0.2) is 78.7 Å². The summed E-state index contributed by atoms with van der Waals surface area (Å²) in [6.07, 6.45) is 4.10. The minimum atomic E-state index is -4.31. The van der Waals surface area contributed by atoms with Crippen LogP contribution in [0.4, 0.5) is 0 Å². The normalized spacial score (nSPS) is 14.0. The van der Waals surface area contributed by atoms with Gasteiger partial charge >= 0.3 is 13.8 Å². The van der Waals surface area contributed by atoms with Crippen LogP contribution in [0.5, 0.6) is 5.75 Å². The minimum absolute atomic E-state index is 0. The highest BCUT2D eigenvalue weighted by molar-refractivity contribution is 7.47. The average Bonchev–Trinajstić information content (AvgIpc) is 2.66. The van der Waals surface area contributed by atoms with Gasteiger partial charge in [0.1, 0.15) is 18.4 Å². The first-order chi connectivity index (χ1) is 15.8. The Kier molecular flexibility index (Phi) is 15.2. The highest BCUT2D eigenvalue weighted by Gasteiger charge is 2.31. The Hall–Kier alpha value is -1.81. The number of ether oxygens (including phenoxy) is 1. The Morgan fingerprint density at radius 3 is 2.11 bits per heavy atom. The van der Waals surface area contributed by atoms with E-state index >= 15 is 0 Å². The molecular weight excluding hydrogens is 477 g/mol. The van der Waals surface area contributed by atoms with E-state index in [2.05, 4.69) is 0 Å². The summed E-state index contributed by atoms with van der Waals surface area (Å²) in [5, 5.41) is 9.01. The number of carbonyl (C=O) groups is 2. The molecule has 35 heavy (non-hydrogen) atoms. The first kappa shape index (κ1) is 33.2. The lowest BCUT2D eigenvalue weighted by molar-refractivity contribution is -0.873. The number of ketones is 1. The molecule has 0 bridgehead atoms. The van der Waals surface area contributed by atoms with Crippen molar-refractivity contribution in [2.75, 3.05) is 40.9 Å². The Labute approximate surface area is 208 Å². The Balaban J connectivity index is 0.0000116. The number of Topliss-reactive ketones (excluding diaryl/α,β-unsaturated/α-hetero) is 1. The lowest BCUT2D eigenvalue weighted by atomic mass is 10.1. The Morgan fingerprint density at radius 2 is 1.60 bits per heavy atom. The van der Waals surface area contributed by atoms with E-state index in [4.69, 9.17) is 18.9 Å². The van der Waals surface area contributed by atoms with Crippen LogP contribution in [0.1, 0.15) is 67.8 Å². The van der Waals surface area contributed by atoms with Gasteiger partial charge in [0, 0.05) is 5.56 Å². The molecule has 0 aromatic heterocycles. The number of likely N-dealkylation sites (N-methyl/N-ethyl adjacent to an activating group) is 1. The van der Waals surface area contributed by atoms with Gasteiger partial charge in [-0.2, -0.15) is 0 Å². The number of benzene rings is 1. The fraction of sp³-hybridized carbons (Fsp3) is 0.667. The predicted molar refractivity (Wildman–Crippen MR) is 132 cm³/mol. The molecule has 1 aromatic carbocycles. The summed E-state index contributed by atoms with van der Waals surface area (Å²) in [4.78, 5) is 32.4. The number of hydrogen-bond acceptors (Lipinski definition) is 7. The number of nitrogens with zero attached hydrogens (tertiary/aromatic N) is 1. The zero-order valence-electron chi connectivity index (χ0n) is 21.6. The van der Waals surface area contributed by atoms with Crippen LogP contribution in [0.15, 0.2) is 18.2 Å². The molecule has 0 radical (unpaired) electrons. The summed E-state index contributed by atoms with van der Waals surface area (Å²) >= 11 is 0. The summed E-state index contributed by atoms with van der Waals surface area (Å²) in [5.74, 6) is -0.279. The molecule has 1 aromatic rings. The van der Waals surface area contributed by atoms with Gasteiger partial charge < -0.3 is 24.7 Å². The van der Waals surface area contributed by atoms with Gasteiger partial charge in [-0.25, -0.2) is 4.57 Å². The summed E-state index contributed by atoms with van der Waals surface area (Å²) in [6, 6.07) is 5.49. The third-order valence-corrected chi connectivity index (χ3v) is 6.15. The van der Waals surface area contributed by atoms with E-state index in [0.717, 1.165) is 43.4 Å². The monoisotopic (exact) mass is 519 g/mol. The van der Waals surface area contributed by atoms with E-state index in [1.165, 1.54) is 0 Å². The number of phosphoric ester groups is 1. The van der Waals surface area contributed by atoms with Gasteiger partial charge in [0.15, 0.2) is 5.78 Å². The van der Waals surface area contributed by atoms with Crippen molar-refractivity contribution in [1.82, 2.24) is 0 Å². The van der Waals surface area contributed by atoms with E-state index in [-0.39, 0.29) is 30.8 Å². The second kappa shape index (κ2) is 16.0. The van der Waals surface area contributed by atoms with E-state index < -0.39 is 19.9 Å². The van der Waals surface area contributed by atoms with Crippen LogP contribution in [0.25, 0.3) is 0 Å². The van der Waals surface area contributed by atoms with Crippen molar-refractivity contribution in [3.8, 4) is 5.75 Å². The maximum absolute atomic E-state index is 12.2. The molecule has 10 nitrogen and oxygen atoms in total. The second-order valence-electron chi connectivity index (χ2n) is 9.60. The number of carboxylic acids is 1. The maximum atomic E-state index is 12.2. The molecule has 0 heterocycles. The molecular formula is C24H42NO9P. The van der Waals surface area contributed by atoms with Gasteiger partial charge in [0.25, 0.3) is 0 Å². The van der Waals surface area contributed by atoms with Gasteiger partial charge in [0.2, 0.25) is 0 Å². The molecule has 0 amide bonds. The quantitative estimate of drug-likeness (QED) is 0.124. The Morgan fingerprint density at radius 1 is 1.03 bits per heavy atom. The lowest BCUT2D eigenvalue weighted by Crippen LogP contribution is -2.42. The van der Waals surface area contributed by atoms with Crippen molar-refractivity contribution in [2.45, 2.75) is 64.9 Å². The molecule has 0 saturated carbocycles.